The van der Waals surface area contributed by atoms with E-state index in [4.69, 9.17) is 4.52 Å². The number of hydrogen-bond acceptors (Lipinski definition) is 7. The molecule has 152 valence electrons. The van der Waals surface area contributed by atoms with Gasteiger partial charge in [0.15, 0.2) is 15.7 Å². The van der Waals surface area contributed by atoms with Gasteiger partial charge in [0.1, 0.15) is 11.6 Å². The molecular formula is C20H20FN3O4S. The first-order valence-electron chi connectivity index (χ1n) is 9.17. The monoisotopic (exact) mass is 417 g/mol. The lowest BCUT2D eigenvalue weighted by Gasteiger charge is -2.21. The molecule has 1 saturated heterocycles. The highest BCUT2D eigenvalue weighted by molar-refractivity contribution is 7.90. The summed E-state index contributed by atoms with van der Waals surface area (Å²) in [5.41, 5.74) is 1.09. The topological polar surface area (TPSA) is 96.5 Å². The Kier molecular flexibility index (Phi) is 5.44. The standard InChI is InChI=1S/C20H20FN3O4S/c21-15-6-8-17(9-7-15)29(26,27)13-19-22-20(28-23-19)18-10-16(25)12-24(18)11-14-4-2-1-3-5-14/h1-9,16,18,25H,10-13H2. The van der Waals surface area contributed by atoms with Gasteiger partial charge in [0.05, 0.1) is 17.0 Å². The second kappa shape index (κ2) is 8.02. The van der Waals surface area contributed by atoms with Crippen molar-refractivity contribution in [2.24, 2.45) is 0 Å². The summed E-state index contributed by atoms with van der Waals surface area (Å²) in [6.45, 7) is 1.07. The molecule has 1 aliphatic heterocycles. The minimum Gasteiger partial charge on any atom is -0.392 e. The number of aliphatic hydroxyl groups is 1. The fourth-order valence-electron chi connectivity index (χ4n) is 3.49. The molecule has 2 atom stereocenters. The Balaban J connectivity index is 1.51. The lowest BCUT2D eigenvalue weighted by atomic mass is 10.1. The Labute approximate surface area is 167 Å². The van der Waals surface area contributed by atoms with Crippen LogP contribution in [0.25, 0.3) is 0 Å². The number of rotatable bonds is 6. The summed E-state index contributed by atoms with van der Waals surface area (Å²) in [5.74, 6) is -0.646. The first kappa shape index (κ1) is 19.7. The van der Waals surface area contributed by atoms with Crippen molar-refractivity contribution in [3.8, 4) is 0 Å². The normalized spacial score (nSPS) is 20.2. The van der Waals surface area contributed by atoms with Crippen LogP contribution in [0.3, 0.4) is 0 Å². The van der Waals surface area contributed by atoms with Crippen LogP contribution in [0.1, 0.15) is 29.7 Å². The fraction of sp³-hybridized carbons (Fsp3) is 0.300. The molecule has 2 heterocycles. The van der Waals surface area contributed by atoms with E-state index in [1.54, 1.807) is 0 Å². The molecule has 3 aromatic rings. The van der Waals surface area contributed by atoms with Crippen LogP contribution < -0.4 is 0 Å². The van der Waals surface area contributed by atoms with Gasteiger partial charge in [-0.05, 0) is 36.2 Å². The highest BCUT2D eigenvalue weighted by Crippen LogP contribution is 2.32. The van der Waals surface area contributed by atoms with Crippen molar-refractivity contribution in [1.82, 2.24) is 15.0 Å². The van der Waals surface area contributed by atoms with E-state index in [0.29, 0.717) is 19.5 Å². The molecule has 0 radical (unpaired) electrons. The Morgan fingerprint density at radius 3 is 2.59 bits per heavy atom. The number of hydrogen-bond donors (Lipinski definition) is 1. The summed E-state index contributed by atoms with van der Waals surface area (Å²) in [4.78, 5) is 6.29. The second-order valence-electron chi connectivity index (χ2n) is 7.08. The van der Waals surface area contributed by atoms with Crippen LogP contribution in [0.15, 0.2) is 64.0 Å². The van der Waals surface area contributed by atoms with Crippen molar-refractivity contribution >= 4 is 9.84 Å². The maximum atomic E-state index is 13.0. The first-order chi connectivity index (χ1) is 13.9. The lowest BCUT2D eigenvalue weighted by Crippen LogP contribution is -2.24. The highest BCUT2D eigenvalue weighted by atomic mass is 32.2. The van der Waals surface area contributed by atoms with Crippen molar-refractivity contribution in [1.29, 1.82) is 0 Å². The molecule has 0 amide bonds. The molecule has 1 fully saturated rings. The molecule has 1 aromatic heterocycles. The molecule has 1 N–H and O–H groups in total. The summed E-state index contributed by atoms with van der Waals surface area (Å²) < 4.78 is 43.4. The van der Waals surface area contributed by atoms with E-state index < -0.39 is 27.5 Å². The quantitative estimate of drug-likeness (QED) is 0.616. The van der Waals surface area contributed by atoms with Crippen molar-refractivity contribution < 1.29 is 22.4 Å². The average molecular weight is 417 g/mol. The zero-order chi connectivity index (χ0) is 20.4. The third kappa shape index (κ3) is 4.52. The van der Waals surface area contributed by atoms with E-state index in [0.717, 1.165) is 17.7 Å². The van der Waals surface area contributed by atoms with Crippen LogP contribution in [0, 0.1) is 5.82 Å². The summed E-state index contributed by atoms with van der Waals surface area (Å²) in [6, 6.07) is 14.1. The summed E-state index contributed by atoms with van der Waals surface area (Å²) in [7, 11) is -3.73. The molecule has 1 aliphatic rings. The molecule has 7 nitrogen and oxygen atoms in total. The molecule has 0 saturated carbocycles. The van der Waals surface area contributed by atoms with Gasteiger partial charge in [-0.3, -0.25) is 4.90 Å². The molecule has 9 heteroatoms. The fourth-order valence-corrected chi connectivity index (χ4v) is 4.66. The summed E-state index contributed by atoms with van der Waals surface area (Å²) in [6.07, 6.45) is -0.0962. The van der Waals surface area contributed by atoms with Gasteiger partial charge >= 0.3 is 0 Å². The van der Waals surface area contributed by atoms with E-state index in [2.05, 4.69) is 10.1 Å². The number of nitrogens with zero attached hydrogens (tertiary/aromatic N) is 3. The van der Waals surface area contributed by atoms with Crippen molar-refractivity contribution in [3.63, 3.8) is 0 Å². The SMILES string of the molecule is O=S(=O)(Cc1noc(C2CC(O)CN2Cc2ccccc2)n1)c1ccc(F)cc1. The number of aromatic nitrogens is 2. The predicted molar refractivity (Wildman–Crippen MR) is 102 cm³/mol. The smallest absolute Gasteiger partial charge is 0.244 e. The van der Waals surface area contributed by atoms with Gasteiger partial charge in [-0.2, -0.15) is 4.98 Å². The zero-order valence-corrected chi connectivity index (χ0v) is 16.3. The van der Waals surface area contributed by atoms with E-state index in [1.165, 1.54) is 12.1 Å². The minimum absolute atomic E-state index is 0.00718. The molecule has 2 unspecified atom stereocenters. The Bertz CT molecular complexity index is 1070. The maximum absolute atomic E-state index is 13.0. The van der Waals surface area contributed by atoms with Gasteiger partial charge in [0.25, 0.3) is 0 Å². The molecule has 0 aliphatic carbocycles. The highest BCUT2D eigenvalue weighted by Gasteiger charge is 2.36. The number of aliphatic hydroxyl groups excluding tert-OH is 1. The Morgan fingerprint density at radius 2 is 1.86 bits per heavy atom. The zero-order valence-electron chi connectivity index (χ0n) is 15.5. The largest absolute Gasteiger partial charge is 0.392 e. The van der Waals surface area contributed by atoms with Gasteiger partial charge in [-0.1, -0.05) is 35.5 Å². The van der Waals surface area contributed by atoms with Crippen LogP contribution in [-0.4, -0.2) is 41.2 Å². The number of benzene rings is 2. The first-order valence-corrected chi connectivity index (χ1v) is 10.8. The van der Waals surface area contributed by atoms with Crippen LogP contribution in [0.5, 0.6) is 0 Å². The van der Waals surface area contributed by atoms with E-state index in [-0.39, 0.29) is 22.7 Å². The van der Waals surface area contributed by atoms with Crippen molar-refractivity contribution in [2.45, 2.75) is 35.8 Å². The maximum Gasteiger partial charge on any atom is 0.244 e. The molecule has 0 bridgehead atoms. The summed E-state index contributed by atoms with van der Waals surface area (Å²) >= 11 is 0. The van der Waals surface area contributed by atoms with Gasteiger partial charge < -0.3 is 9.63 Å². The Hall–Kier alpha value is -2.62. The van der Waals surface area contributed by atoms with Crippen LogP contribution >= 0.6 is 0 Å². The Morgan fingerprint density at radius 1 is 1.14 bits per heavy atom. The average Bonchev–Trinajstić information content (AvgIpc) is 3.28. The number of halogens is 1. The van der Waals surface area contributed by atoms with Crippen LogP contribution in [-0.2, 0) is 22.1 Å². The van der Waals surface area contributed by atoms with Gasteiger partial charge in [-0.25, -0.2) is 12.8 Å². The van der Waals surface area contributed by atoms with Gasteiger partial charge in [0, 0.05) is 13.1 Å². The lowest BCUT2D eigenvalue weighted by molar-refractivity contribution is 0.169. The minimum atomic E-state index is -3.73. The van der Waals surface area contributed by atoms with Crippen molar-refractivity contribution in [3.05, 3.63) is 77.7 Å². The van der Waals surface area contributed by atoms with Crippen LogP contribution in [0.2, 0.25) is 0 Å². The molecule has 2 aromatic carbocycles. The number of likely N-dealkylation sites (tertiary alicyclic amines) is 1. The molecular weight excluding hydrogens is 397 g/mol. The molecule has 29 heavy (non-hydrogen) atoms. The second-order valence-corrected chi connectivity index (χ2v) is 9.07. The van der Waals surface area contributed by atoms with E-state index in [1.807, 2.05) is 35.2 Å². The van der Waals surface area contributed by atoms with Gasteiger partial charge in [-0.15, -0.1) is 0 Å². The van der Waals surface area contributed by atoms with E-state index >= 15 is 0 Å². The third-order valence-electron chi connectivity index (χ3n) is 4.87. The molecule has 0 spiro atoms. The van der Waals surface area contributed by atoms with Crippen molar-refractivity contribution in [2.75, 3.05) is 6.54 Å². The third-order valence-corrected chi connectivity index (χ3v) is 6.50. The number of β-amino-alcohol motifs (C(OH)–C–C–N with tert-alkyl or cyclic N) is 1. The molecule has 4 rings (SSSR count). The van der Waals surface area contributed by atoms with Gasteiger partial charge in [0.2, 0.25) is 5.89 Å². The van der Waals surface area contributed by atoms with E-state index in [9.17, 15) is 17.9 Å². The summed E-state index contributed by atoms with van der Waals surface area (Å²) in [5, 5.41) is 13.9. The predicted octanol–water partition coefficient (Wildman–Crippen LogP) is 2.49. The van der Waals surface area contributed by atoms with Crippen LogP contribution in [0.4, 0.5) is 4.39 Å². The number of sulfone groups is 1.